The lowest BCUT2D eigenvalue weighted by molar-refractivity contribution is -0.117. The molecule has 2 fully saturated rings. The van der Waals surface area contributed by atoms with Gasteiger partial charge in [0.2, 0.25) is 23.6 Å². The predicted molar refractivity (Wildman–Crippen MR) is 148 cm³/mol. The molecule has 1 aliphatic carbocycles. The summed E-state index contributed by atoms with van der Waals surface area (Å²) in [5, 5.41) is 5.70. The monoisotopic (exact) mass is 566 g/mol. The second-order valence-corrected chi connectivity index (χ2v) is 11.1. The van der Waals surface area contributed by atoms with E-state index in [1.807, 2.05) is 20.8 Å². The highest BCUT2D eigenvalue weighted by Gasteiger charge is 2.31. The lowest BCUT2D eigenvalue weighted by atomic mass is 10.1. The number of rotatable bonds is 7. The van der Waals surface area contributed by atoms with E-state index < -0.39 is 17.2 Å². The number of amides is 2. The molecule has 2 aromatic heterocycles. The Morgan fingerprint density at radius 1 is 1.02 bits per heavy atom. The molecule has 2 N–H and O–H groups in total. The van der Waals surface area contributed by atoms with Gasteiger partial charge in [0.15, 0.2) is 11.6 Å². The normalized spacial score (nSPS) is 17.1. The third-order valence-electron chi connectivity index (χ3n) is 6.57. The fraction of sp³-hybridized carbons (Fsp3) is 0.414. The lowest BCUT2D eigenvalue weighted by Gasteiger charge is -2.34. The van der Waals surface area contributed by atoms with E-state index in [1.165, 1.54) is 18.3 Å². The summed E-state index contributed by atoms with van der Waals surface area (Å²) in [7, 11) is 0. The summed E-state index contributed by atoms with van der Waals surface area (Å²) >= 11 is 0. The van der Waals surface area contributed by atoms with E-state index in [0.29, 0.717) is 30.3 Å². The number of benzene rings is 1. The third kappa shape index (κ3) is 7.05. The van der Waals surface area contributed by atoms with Gasteiger partial charge in [0, 0.05) is 37.4 Å². The minimum Gasteiger partial charge on any atom is -0.444 e. The highest BCUT2D eigenvalue weighted by atomic mass is 19.2. The van der Waals surface area contributed by atoms with Crippen molar-refractivity contribution in [2.24, 2.45) is 5.92 Å². The number of carbonyl (C=O) groups excluding carboxylic acids is 2. The van der Waals surface area contributed by atoms with Gasteiger partial charge in [0.05, 0.1) is 16.9 Å². The maximum Gasteiger partial charge on any atom is 0.410 e. The first-order valence-electron chi connectivity index (χ1n) is 13.6. The van der Waals surface area contributed by atoms with Gasteiger partial charge in [-0.1, -0.05) is 0 Å². The molecule has 41 heavy (non-hydrogen) atoms. The van der Waals surface area contributed by atoms with E-state index in [1.54, 1.807) is 29.3 Å². The molecule has 3 aromatic rings. The largest absolute Gasteiger partial charge is 0.444 e. The van der Waals surface area contributed by atoms with Crippen molar-refractivity contribution >= 4 is 23.6 Å². The Morgan fingerprint density at radius 3 is 2.59 bits per heavy atom. The van der Waals surface area contributed by atoms with Crippen LogP contribution in [0, 0.1) is 17.6 Å². The van der Waals surface area contributed by atoms with Crippen LogP contribution in [0.1, 0.15) is 46.5 Å². The molecule has 1 aromatic carbocycles. The Labute approximate surface area is 236 Å². The number of nitrogens with one attached hydrogen (secondary N) is 2. The zero-order valence-electron chi connectivity index (χ0n) is 23.1. The number of likely N-dealkylation sites (tertiary alicyclic amines) is 1. The zero-order chi connectivity index (χ0) is 29.1. The second kappa shape index (κ2) is 11.6. The maximum atomic E-state index is 14.9. The number of aromatic nitrogens is 3. The van der Waals surface area contributed by atoms with Crippen molar-refractivity contribution in [3.05, 3.63) is 54.4 Å². The van der Waals surface area contributed by atoms with E-state index in [4.69, 9.17) is 9.47 Å². The number of hydrogen-bond acceptors (Lipinski definition) is 8. The third-order valence-corrected chi connectivity index (χ3v) is 6.57. The fourth-order valence-corrected chi connectivity index (χ4v) is 4.41. The lowest BCUT2D eigenvalue weighted by Crippen LogP contribution is -2.47. The van der Waals surface area contributed by atoms with Gasteiger partial charge in [-0.3, -0.25) is 4.79 Å². The molecule has 1 atom stereocenters. The van der Waals surface area contributed by atoms with E-state index in [0.717, 1.165) is 25.7 Å². The number of piperidine rings is 1. The van der Waals surface area contributed by atoms with Crippen LogP contribution in [-0.4, -0.2) is 56.6 Å². The smallest absolute Gasteiger partial charge is 0.410 e. The molecule has 1 saturated carbocycles. The van der Waals surface area contributed by atoms with Crippen LogP contribution in [0.2, 0.25) is 0 Å². The van der Waals surface area contributed by atoms with Crippen LogP contribution in [0.3, 0.4) is 0 Å². The molecule has 0 unspecified atom stereocenters. The molecule has 0 bridgehead atoms. The molecule has 10 nitrogen and oxygen atoms in total. The molecule has 2 aliphatic rings. The molecule has 3 heterocycles. The van der Waals surface area contributed by atoms with Gasteiger partial charge in [0.25, 0.3) is 0 Å². The summed E-state index contributed by atoms with van der Waals surface area (Å²) < 4.78 is 40.8. The van der Waals surface area contributed by atoms with Crippen LogP contribution in [0.5, 0.6) is 11.6 Å². The fourth-order valence-electron chi connectivity index (χ4n) is 4.41. The Morgan fingerprint density at radius 2 is 1.83 bits per heavy atom. The molecule has 1 saturated heterocycles. The van der Waals surface area contributed by atoms with Crippen molar-refractivity contribution in [2.75, 3.05) is 23.7 Å². The quantitative estimate of drug-likeness (QED) is 0.370. The van der Waals surface area contributed by atoms with Gasteiger partial charge in [-0.25, -0.2) is 24.1 Å². The van der Waals surface area contributed by atoms with Crippen molar-refractivity contribution in [3.63, 3.8) is 0 Å². The van der Waals surface area contributed by atoms with Crippen LogP contribution in [0.25, 0.3) is 11.3 Å². The molecule has 0 radical (unpaired) electrons. The van der Waals surface area contributed by atoms with Gasteiger partial charge in [-0.2, -0.15) is 4.39 Å². The first-order chi connectivity index (χ1) is 19.6. The zero-order valence-corrected chi connectivity index (χ0v) is 23.1. The Kier molecular flexibility index (Phi) is 8.00. The van der Waals surface area contributed by atoms with Crippen LogP contribution in [-0.2, 0) is 9.53 Å². The minimum absolute atomic E-state index is 0.0129. The topological polar surface area (TPSA) is 119 Å². The average Bonchev–Trinajstić information content (AvgIpc) is 3.78. The van der Waals surface area contributed by atoms with Gasteiger partial charge >= 0.3 is 6.09 Å². The SMILES string of the molecule is CC(C)(C)OC(=O)N1CCC[C@H](Nc2nccc(-c3cccnc3Oc3ccc(NC(=O)C4CC4)c(F)c3F)n2)C1. The van der Waals surface area contributed by atoms with Crippen molar-refractivity contribution in [1.29, 1.82) is 0 Å². The highest BCUT2D eigenvalue weighted by Crippen LogP contribution is 2.35. The summed E-state index contributed by atoms with van der Waals surface area (Å²) in [6, 6.07) is 7.42. The maximum absolute atomic E-state index is 14.9. The molecule has 5 rings (SSSR count). The summed E-state index contributed by atoms with van der Waals surface area (Å²) in [5.41, 5.74) is 0.0520. The van der Waals surface area contributed by atoms with Crippen molar-refractivity contribution in [3.8, 4) is 22.9 Å². The number of anilines is 2. The first-order valence-corrected chi connectivity index (χ1v) is 13.6. The number of hydrogen-bond donors (Lipinski definition) is 2. The number of pyridine rings is 1. The summed E-state index contributed by atoms with van der Waals surface area (Å²) in [6.07, 6.45) is 5.75. The highest BCUT2D eigenvalue weighted by molar-refractivity contribution is 5.94. The van der Waals surface area contributed by atoms with Crippen LogP contribution in [0.15, 0.2) is 42.7 Å². The Balaban J connectivity index is 1.30. The predicted octanol–water partition coefficient (Wildman–Crippen LogP) is 5.77. The number of halogens is 2. The summed E-state index contributed by atoms with van der Waals surface area (Å²) in [5.74, 6) is -2.98. The summed E-state index contributed by atoms with van der Waals surface area (Å²) in [6.45, 7) is 6.53. The van der Waals surface area contributed by atoms with E-state index in [-0.39, 0.29) is 41.3 Å². The molecule has 1 aliphatic heterocycles. The standard InChI is InChI=1S/C29H32F2N6O4/c1-29(2,3)41-28(39)37-15-5-6-18(16-37)34-27-33-14-12-20(36-27)19-7-4-13-32-26(19)40-22-11-10-21(23(30)24(22)31)35-25(38)17-8-9-17/h4,7,10-14,17-18H,5-6,8-9,15-16H2,1-3H3,(H,35,38)(H,33,34,36)/t18-/m0/s1. The molecule has 12 heteroatoms. The Bertz CT molecular complexity index is 1440. The van der Waals surface area contributed by atoms with Gasteiger partial charge in [0.1, 0.15) is 5.60 Å². The van der Waals surface area contributed by atoms with Crippen LogP contribution in [0.4, 0.5) is 25.2 Å². The minimum atomic E-state index is -1.24. The van der Waals surface area contributed by atoms with E-state index in [2.05, 4.69) is 25.6 Å². The number of nitrogens with zero attached hydrogens (tertiary/aromatic N) is 4. The molecule has 216 valence electrons. The van der Waals surface area contributed by atoms with Crippen LogP contribution >= 0.6 is 0 Å². The second-order valence-electron chi connectivity index (χ2n) is 11.1. The van der Waals surface area contributed by atoms with E-state index in [9.17, 15) is 18.4 Å². The molecular weight excluding hydrogens is 534 g/mol. The van der Waals surface area contributed by atoms with Crippen molar-refractivity contribution in [2.45, 2.75) is 58.1 Å². The van der Waals surface area contributed by atoms with Gasteiger partial charge in [-0.05, 0) is 76.8 Å². The number of ether oxygens (including phenoxy) is 2. The molecule has 2 amide bonds. The summed E-state index contributed by atoms with van der Waals surface area (Å²) in [4.78, 5) is 39.3. The molecular formula is C29H32F2N6O4. The number of carbonyl (C=O) groups is 2. The average molecular weight is 567 g/mol. The van der Waals surface area contributed by atoms with Crippen molar-refractivity contribution in [1.82, 2.24) is 19.9 Å². The first kappa shape index (κ1) is 28.2. The Hall–Kier alpha value is -4.35. The van der Waals surface area contributed by atoms with Gasteiger partial charge in [-0.15, -0.1) is 0 Å². The molecule has 0 spiro atoms. The van der Waals surface area contributed by atoms with Gasteiger partial charge < -0.3 is 25.0 Å². The van der Waals surface area contributed by atoms with Crippen molar-refractivity contribution < 1.29 is 27.8 Å². The van der Waals surface area contributed by atoms with E-state index >= 15 is 0 Å². The van der Waals surface area contributed by atoms with Crippen LogP contribution < -0.4 is 15.4 Å².